The molecule has 8 nitrogen and oxygen atoms in total. The lowest BCUT2D eigenvalue weighted by Crippen LogP contribution is -2.12. The van der Waals surface area contributed by atoms with Crippen LogP contribution in [0, 0.1) is 0 Å². The molecule has 2 aromatic carbocycles. The average Bonchev–Trinajstić information content (AvgIpc) is 3.39. The Morgan fingerprint density at radius 1 is 1.00 bits per heavy atom. The predicted octanol–water partition coefficient (Wildman–Crippen LogP) is 3.39. The van der Waals surface area contributed by atoms with Gasteiger partial charge in [-0.25, -0.2) is 13.4 Å². The van der Waals surface area contributed by atoms with E-state index in [2.05, 4.69) is 20.5 Å². The summed E-state index contributed by atoms with van der Waals surface area (Å²) in [4.78, 5) is 17.0. The number of hydrogen-bond donors (Lipinski definition) is 2. The highest BCUT2D eigenvalue weighted by molar-refractivity contribution is 7.90. The van der Waals surface area contributed by atoms with E-state index in [9.17, 15) is 13.2 Å². The third kappa shape index (κ3) is 3.94. The van der Waals surface area contributed by atoms with E-state index in [4.69, 9.17) is 4.42 Å². The fourth-order valence-electron chi connectivity index (χ4n) is 2.72. The lowest BCUT2D eigenvalue weighted by Gasteiger charge is -2.08. The van der Waals surface area contributed by atoms with Crippen molar-refractivity contribution >= 4 is 21.4 Å². The zero-order valence-corrected chi connectivity index (χ0v) is 16.1. The molecular weight excluding hydrogens is 392 g/mol. The topological polar surface area (TPSA) is 118 Å². The summed E-state index contributed by atoms with van der Waals surface area (Å²) < 4.78 is 28.2. The first-order valence-electron chi connectivity index (χ1n) is 8.60. The maximum absolute atomic E-state index is 12.5. The van der Waals surface area contributed by atoms with Crippen LogP contribution >= 0.6 is 0 Å². The van der Waals surface area contributed by atoms with Gasteiger partial charge in [0.1, 0.15) is 0 Å². The Morgan fingerprint density at radius 2 is 1.72 bits per heavy atom. The van der Waals surface area contributed by atoms with E-state index in [0.29, 0.717) is 22.9 Å². The summed E-state index contributed by atoms with van der Waals surface area (Å²) in [7, 11) is -3.53. The fourth-order valence-corrected chi connectivity index (χ4v) is 3.28. The first-order valence-corrected chi connectivity index (χ1v) is 10.5. The third-order valence-corrected chi connectivity index (χ3v) is 5.07. The number of amides is 1. The number of carbonyl (C=O) groups is 1. The summed E-state index contributed by atoms with van der Waals surface area (Å²) in [6, 6.07) is 19.1. The first kappa shape index (κ1) is 18.6. The summed E-state index contributed by atoms with van der Waals surface area (Å²) in [5, 5.41) is 9.58. The van der Waals surface area contributed by atoms with Gasteiger partial charge in [-0.15, -0.1) is 0 Å². The van der Waals surface area contributed by atoms with Gasteiger partial charge in [0.25, 0.3) is 5.91 Å². The maximum Gasteiger partial charge on any atom is 0.291 e. The minimum Gasteiger partial charge on any atom is -0.440 e. The van der Waals surface area contributed by atoms with E-state index in [1.807, 2.05) is 36.4 Å². The number of rotatable bonds is 5. The lowest BCUT2D eigenvalue weighted by molar-refractivity contribution is 0.0991. The van der Waals surface area contributed by atoms with Gasteiger partial charge in [-0.05, 0) is 24.3 Å². The van der Waals surface area contributed by atoms with Crippen LogP contribution in [0.15, 0.2) is 76.2 Å². The minimum atomic E-state index is -3.53. The highest BCUT2D eigenvalue weighted by atomic mass is 32.2. The van der Waals surface area contributed by atoms with Crippen LogP contribution in [0.5, 0.6) is 0 Å². The minimum absolute atomic E-state index is 0.109. The van der Waals surface area contributed by atoms with Crippen molar-refractivity contribution in [3.8, 4) is 22.8 Å². The summed E-state index contributed by atoms with van der Waals surface area (Å²) in [5.41, 5.74) is 1.97. The molecule has 0 aliphatic carbocycles. The molecule has 0 aliphatic heterocycles. The molecule has 0 saturated heterocycles. The van der Waals surface area contributed by atoms with E-state index in [1.54, 1.807) is 18.2 Å². The Balaban J connectivity index is 1.62. The van der Waals surface area contributed by atoms with Gasteiger partial charge < -0.3 is 9.73 Å². The second-order valence-corrected chi connectivity index (χ2v) is 8.21. The zero-order valence-electron chi connectivity index (χ0n) is 15.3. The normalized spacial score (nSPS) is 11.3. The number of nitrogens with zero attached hydrogens (tertiary/aromatic N) is 2. The largest absolute Gasteiger partial charge is 0.440 e. The van der Waals surface area contributed by atoms with Gasteiger partial charge in [-0.3, -0.25) is 9.89 Å². The molecule has 0 bridgehead atoms. The highest BCUT2D eigenvalue weighted by Crippen LogP contribution is 2.27. The molecule has 0 spiro atoms. The summed E-state index contributed by atoms with van der Waals surface area (Å²) >= 11 is 0. The van der Waals surface area contributed by atoms with Crippen LogP contribution in [0.25, 0.3) is 22.8 Å². The van der Waals surface area contributed by atoms with Gasteiger partial charge in [0.2, 0.25) is 14.9 Å². The molecule has 0 radical (unpaired) electrons. The summed E-state index contributed by atoms with van der Waals surface area (Å²) in [6.07, 6.45) is 1.01. The predicted molar refractivity (Wildman–Crippen MR) is 107 cm³/mol. The standard InChI is InChI=1S/C20H16N4O4S/c1-29(26,27)17-12-11-16(28-17)20(25)21-15-10-6-5-9-14(15)19-22-18(23-24-19)13-7-3-2-4-8-13/h2-12H,1H3,(H,21,25)(H,22,23,24). The van der Waals surface area contributed by atoms with Gasteiger partial charge >= 0.3 is 0 Å². The number of anilines is 1. The highest BCUT2D eigenvalue weighted by Gasteiger charge is 2.19. The molecule has 9 heteroatoms. The number of hydrogen-bond acceptors (Lipinski definition) is 6. The maximum atomic E-state index is 12.5. The Bertz CT molecular complexity index is 1280. The summed E-state index contributed by atoms with van der Waals surface area (Å²) in [6.45, 7) is 0. The Labute approximate surface area is 166 Å². The number of aromatic amines is 1. The van der Waals surface area contributed by atoms with Crippen molar-refractivity contribution in [1.82, 2.24) is 15.2 Å². The van der Waals surface area contributed by atoms with E-state index in [1.165, 1.54) is 12.1 Å². The van der Waals surface area contributed by atoms with Gasteiger partial charge in [0, 0.05) is 17.4 Å². The number of para-hydroxylation sites is 1. The summed E-state index contributed by atoms with van der Waals surface area (Å²) in [5.74, 6) is 0.333. The van der Waals surface area contributed by atoms with Crippen molar-refractivity contribution in [2.45, 2.75) is 5.09 Å². The second-order valence-electron chi connectivity index (χ2n) is 6.26. The number of carbonyl (C=O) groups excluding carboxylic acids is 1. The second kappa shape index (κ2) is 7.36. The van der Waals surface area contributed by atoms with Crippen molar-refractivity contribution in [2.24, 2.45) is 0 Å². The molecule has 0 fully saturated rings. The average molecular weight is 408 g/mol. The third-order valence-electron chi connectivity index (χ3n) is 4.12. The van der Waals surface area contributed by atoms with Gasteiger partial charge in [-0.1, -0.05) is 42.5 Å². The SMILES string of the molecule is CS(=O)(=O)c1ccc(C(=O)Nc2ccccc2-c2nc(-c3ccccc3)n[nH]2)o1. The monoisotopic (exact) mass is 408 g/mol. The molecule has 0 aliphatic rings. The van der Waals surface area contributed by atoms with Gasteiger partial charge in [0.15, 0.2) is 17.4 Å². The molecule has 2 aromatic heterocycles. The molecule has 0 atom stereocenters. The molecule has 29 heavy (non-hydrogen) atoms. The molecular formula is C20H16N4O4S. The molecule has 2 N–H and O–H groups in total. The first-order chi connectivity index (χ1) is 13.9. The molecule has 1 amide bonds. The number of H-pyrrole nitrogens is 1. The lowest BCUT2D eigenvalue weighted by atomic mass is 10.1. The number of aromatic nitrogens is 3. The van der Waals surface area contributed by atoms with Crippen molar-refractivity contribution in [2.75, 3.05) is 11.6 Å². The molecule has 4 rings (SSSR count). The van der Waals surface area contributed by atoms with Crippen molar-refractivity contribution in [3.05, 3.63) is 72.5 Å². The van der Waals surface area contributed by atoms with Crippen molar-refractivity contribution in [3.63, 3.8) is 0 Å². The molecule has 4 aromatic rings. The van der Waals surface area contributed by atoms with Crippen LogP contribution in [-0.2, 0) is 9.84 Å². The van der Waals surface area contributed by atoms with E-state index in [0.717, 1.165) is 11.8 Å². The van der Waals surface area contributed by atoms with E-state index < -0.39 is 15.7 Å². The van der Waals surface area contributed by atoms with Crippen molar-refractivity contribution in [1.29, 1.82) is 0 Å². The van der Waals surface area contributed by atoms with Gasteiger partial charge in [-0.2, -0.15) is 5.10 Å². The Morgan fingerprint density at radius 3 is 2.45 bits per heavy atom. The van der Waals surface area contributed by atoms with Crippen LogP contribution < -0.4 is 5.32 Å². The fraction of sp³-hybridized carbons (Fsp3) is 0.0500. The number of nitrogens with one attached hydrogen (secondary N) is 2. The number of benzene rings is 2. The molecule has 2 heterocycles. The number of sulfone groups is 1. The Hall–Kier alpha value is -3.72. The van der Waals surface area contributed by atoms with Gasteiger partial charge in [0.05, 0.1) is 5.69 Å². The number of furan rings is 1. The van der Waals surface area contributed by atoms with Crippen LogP contribution in [0.4, 0.5) is 5.69 Å². The molecule has 0 saturated carbocycles. The Kier molecular flexibility index (Phi) is 4.73. The van der Waals surface area contributed by atoms with Crippen LogP contribution in [0.3, 0.4) is 0 Å². The van der Waals surface area contributed by atoms with Crippen LogP contribution in [-0.4, -0.2) is 35.8 Å². The van der Waals surface area contributed by atoms with Crippen molar-refractivity contribution < 1.29 is 17.6 Å². The quantitative estimate of drug-likeness (QED) is 0.523. The van der Waals surface area contributed by atoms with E-state index >= 15 is 0 Å². The van der Waals surface area contributed by atoms with Crippen LogP contribution in [0.2, 0.25) is 0 Å². The zero-order chi connectivity index (χ0) is 20.4. The smallest absolute Gasteiger partial charge is 0.291 e. The molecule has 0 unspecified atom stereocenters. The van der Waals surface area contributed by atoms with Crippen LogP contribution in [0.1, 0.15) is 10.6 Å². The molecule has 146 valence electrons. The van der Waals surface area contributed by atoms with E-state index in [-0.39, 0.29) is 10.9 Å².